The fourth-order valence-corrected chi connectivity index (χ4v) is 2.71. The van der Waals surface area contributed by atoms with Gasteiger partial charge in [-0.05, 0) is 36.4 Å². The first-order valence-corrected chi connectivity index (χ1v) is 6.42. The summed E-state index contributed by atoms with van der Waals surface area (Å²) in [6.07, 6.45) is 0. The number of benzene rings is 1. The van der Waals surface area contributed by atoms with Crippen LogP contribution < -0.4 is 5.32 Å². The van der Waals surface area contributed by atoms with Crippen molar-refractivity contribution >= 4 is 11.8 Å². The van der Waals surface area contributed by atoms with E-state index in [4.69, 9.17) is 5.26 Å². The number of halogens is 1. The second-order valence-corrected chi connectivity index (χ2v) is 4.96. The molecule has 0 amide bonds. The van der Waals surface area contributed by atoms with Crippen LogP contribution in [0.15, 0.2) is 18.2 Å². The molecule has 2 rings (SSSR count). The first-order chi connectivity index (χ1) is 7.81. The summed E-state index contributed by atoms with van der Waals surface area (Å²) in [5.41, 5.74) is 0.778. The summed E-state index contributed by atoms with van der Waals surface area (Å²) in [4.78, 5) is 0. The van der Waals surface area contributed by atoms with Crippen LogP contribution in [0.3, 0.4) is 0 Å². The molecule has 0 radical (unpaired) electrons. The molecule has 1 N–H and O–H groups in total. The van der Waals surface area contributed by atoms with Crippen LogP contribution in [-0.2, 0) is 5.75 Å². The minimum Gasteiger partial charge on any atom is -0.316 e. The standard InChI is InChI=1S/C12H13FN2S/c13-12-10(4-14)2-1-3-11(12)8-16-7-9-5-15-6-9/h1-3,9,15H,5-8H2. The molecule has 1 aromatic rings. The average molecular weight is 236 g/mol. The number of thioether (sulfide) groups is 1. The summed E-state index contributed by atoms with van der Waals surface area (Å²) >= 11 is 1.73. The number of hydrogen-bond donors (Lipinski definition) is 1. The zero-order valence-electron chi connectivity index (χ0n) is 8.87. The quantitative estimate of drug-likeness (QED) is 0.870. The predicted molar refractivity (Wildman–Crippen MR) is 63.6 cm³/mol. The molecular weight excluding hydrogens is 223 g/mol. The lowest BCUT2D eigenvalue weighted by Gasteiger charge is -2.26. The zero-order chi connectivity index (χ0) is 11.4. The van der Waals surface area contributed by atoms with E-state index in [1.807, 2.05) is 6.07 Å². The van der Waals surface area contributed by atoms with E-state index in [-0.39, 0.29) is 11.4 Å². The van der Waals surface area contributed by atoms with Crippen molar-refractivity contribution in [3.63, 3.8) is 0 Å². The van der Waals surface area contributed by atoms with Gasteiger partial charge in [0.15, 0.2) is 0 Å². The molecule has 0 spiro atoms. The number of hydrogen-bond acceptors (Lipinski definition) is 3. The Labute approximate surface area is 98.8 Å². The van der Waals surface area contributed by atoms with E-state index in [0.717, 1.165) is 24.8 Å². The molecule has 16 heavy (non-hydrogen) atoms. The van der Waals surface area contributed by atoms with Crippen LogP contribution in [0.2, 0.25) is 0 Å². The Balaban J connectivity index is 1.90. The maximum atomic E-state index is 13.6. The van der Waals surface area contributed by atoms with Crippen LogP contribution in [0.5, 0.6) is 0 Å². The van der Waals surface area contributed by atoms with Gasteiger partial charge >= 0.3 is 0 Å². The van der Waals surface area contributed by atoms with Crippen molar-refractivity contribution in [3.8, 4) is 6.07 Å². The minimum atomic E-state index is -0.357. The molecule has 0 unspecified atom stereocenters. The van der Waals surface area contributed by atoms with Crippen molar-refractivity contribution in [2.45, 2.75) is 5.75 Å². The highest BCUT2D eigenvalue weighted by molar-refractivity contribution is 7.98. The van der Waals surface area contributed by atoms with Crippen molar-refractivity contribution in [1.82, 2.24) is 5.32 Å². The fraction of sp³-hybridized carbons (Fsp3) is 0.417. The highest BCUT2D eigenvalue weighted by Gasteiger charge is 2.16. The van der Waals surface area contributed by atoms with Crippen LogP contribution in [0.4, 0.5) is 4.39 Å². The van der Waals surface area contributed by atoms with Crippen molar-refractivity contribution in [2.75, 3.05) is 18.8 Å². The summed E-state index contributed by atoms with van der Waals surface area (Å²) in [5.74, 6) is 2.08. The smallest absolute Gasteiger partial charge is 0.144 e. The summed E-state index contributed by atoms with van der Waals surface area (Å²) < 4.78 is 13.6. The van der Waals surface area contributed by atoms with E-state index in [1.54, 1.807) is 23.9 Å². The Bertz CT molecular complexity index is 410. The van der Waals surface area contributed by atoms with Gasteiger partial charge in [-0.2, -0.15) is 17.0 Å². The molecule has 1 aliphatic heterocycles. The highest BCUT2D eigenvalue weighted by atomic mass is 32.2. The van der Waals surface area contributed by atoms with Crippen molar-refractivity contribution in [2.24, 2.45) is 5.92 Å². The van der Waals surface area contributed by atoms with Gasteiger partial charge in [-0.1, -0.05) is 12.1 Å². The molecule has 2 nitrogen and oxygen atoms in total. The molecule has 1 fully saturated rings. The van der Waals surface area contributed by atoms with Gasteiger partial charge in [-0.15, -0.1) is 0 Å². The topological polar surface area (TPSA) is 35.8 Å². The molecule has 1 saturated heterocycles. The lowest BCUT2D eigenvalue weighted by atomic mass is 10.1. The minimum absolute atomic E-state index is 0.142. The molecule has 1 aromatic carbocycles. The van der Waals surface area contributed by atoms with Crippen LogP contribution in [-0.4, -0.2) is 18.8 Å². The van der Waals surface area contributed by atoms with Crippen molar-refractivity contribution in [1.29, 1.82) is 5.26 Å². The summed E-state index contributed by atoms with van der Waals surface area (Å²) in [5, 5.41) is 11.9. The van der Waals surface area contributed by atoms with Gasteiger partial charge in [-0.25, -0.2) is 4.39 Å². The maximum absolute atomic E-state index is 13.6. The second kappa shape index (κ2) is 5.33. The van der Waals surface area contributed by atoms with Crippen LogP contribution in [0.25, 0.3) is 0 Å². The molecule has 1 aliphatic rings. The number of rotatable bonds is 4. The first-order valence-electron chi connectivity index (χ1n) is 5.27. The van der Waals surface area contributed by atoms with Gasteiger partial charge in [0.05, 0.1) is 5.56 Å². The number of nitriles is 1. The fourth-order valence-electron chi connectivity index (χ4n) is 1.58. The van der Waals surface area contributed by atoms with Gasteiger partial charge in [0, 0.05) is 5.75 Å². The Morgan fingerprint density at radius 2 is 2.31 bits per heavy atom. The third kappa shape index (κ3) is 2.55. The molecule has 1 heterocycles. The molecule has 0 bridgehead atoms. The van der Waals surface area contributed by atoms with Gasteiger partial charge in [0.1, 0.15) is 11.9 Å². The molecule has 84 valence electrons. The van der Waals surface area contributed by atoms with Crippen molar-refractivity contribution < 1.29 is 4.39 Å². The van der Waals surface area contributed by atoms with E-state index in [0.29, 0.717) is 11.3 Å². The lowest BCUT2D eigenvalue weighted by molar-refractivity contribution is 0.385. The van der Waals surface area contributed by atoms with Crippen molar-refractivity contribution in [3.05, 3.63) is 35.1 Å². The Morgan fingerprint density at radius 1 is 1.50 bits per heavy atom. The molecule has 0 saturated carbocycles. The molecule has 0 atom stereocenters. The third-order valence-electron chi connectivity index (χ3n) is 2.68. The predicted octanol–water partition coefficient (Wildman–Crippen LogP) is 2.15. The molecule has 0 aliphatic carbocycles. The first kappa shape index (κ1) is 11.4. The Hall–Kier alpha value is -1.05. The van der Waals surface area contributed by atoms with E-state index in [1.165, 1.54) is 6.07 Å². The second-order valence-electron chi connectivity index (χ2n) is 3.93. The zero-order valence-corrected chi connectivity index (χ0v) is 9.69. The molecule has 0 aromatic heterocycles. The monoisotopic (exact) mass is 236 g/mol. The summed E-state index contributed by atoms with van der Waals surface area (Å²) in [6.45, 7) is 2.15. The van der Waals surface area contributed by atoms with Gasteiger partial charge in [0.2, 0.25) is 0 Å². The normalized spacial score (nSPS) is 15.5. The van der Waals surface area contributed by atoms with Gasteiger partial charge in [0.25, 0.3) is 0 Å². The average Bonchev–Trinajstić information content (AvgIpc) is 2.24. The van der Waals surface area contributed by atoms with Crippen LogP contribution >= 0.6 is 11.8 Å². The SMILES string of the molecule is N#Cc1cccc(CSCC2CNC2)c1F. The lowest BCUT2D eigenvalue weighted by Crippen LogP contribution is -2.43. The maximum Gasteiger partial charge on any atom is 0.144 e. The Kier molecular flexibility index (Phi) is 3.81. The van der Waals surface area contributed by atoms with E-state index in [9.17, 15) is 4.39 Å². The highest BCUT2D eigenvalue weighted by Crippen LogP contribution is 2.21. The molecular formula is C12H13FN2S. The van der Waals surface area contributed by atoms with E-state index < -0.39 is 0 Å². The van der Waals surface area contributed by atoms with E-state index >= 15 is 0 Å². The number of nitrogens with one attached hydrogen (secondary N) is 1. The third-order valence-corrected chi connectivity index (χ3v) is 3.90. The van der Waals surface area contributed by atoms with Gasteiger partial charge < -0.3 is 5.32 Å². The largest absolute Gasteiger partial charge is 0.316 e. The van der Waals surface area contributed by atoms with Crippen LogP contribution in [0.1, 0.15) is 11.1 Å². The summed E-state index contributed by atoms with van der Waals surface area (Å²) in [6, 6.07) is 6.87. The van der Waals surface area contributed by atoms with E-state index in [2.05, 4.69) is 5.32 Å². The Morgan fingerprint density at radius 3 is 2.94 bits per heavy atom. The molecule has 4 heteroatoms. The van der Waals surface area contributed by atoms with Crippen LogP contribution in [0, 0.1) is 23.1 Å². The number of nitrogens with zero attached hydrogens (tertiary/aromatic N) is 1. The summed E-state index contributed by atoms with van der Waals surface area (Å²) in [7, 11) is 0. The van der Waals surface area contributed by atoms with Gasteiger partial charge in [-0.3, -0.25) is 0 Å².